The van der Waals surface area contributed by atoms with Gasteiger partial charge >= 0.3 is 5.69 Å². The molecular formula is C26H29N3O8. The van der Waals surface area contributed by atoms with E-state index < -0.39 is 30.0 Å². The Labute approximate surface area is 213 Å². The number of rotatable bonds is 12. The van der Waals surface area contributed by atoms with Crippen molar-refractivity contribution in [3.8, 4) is 29.1 Å². The fourth-order valence-electron chi connectivity index (χ4n) is 3.56. The van der Waals surface area contributed by atoms with Crippen LogP contribution in [0.3, 0.4) is 0 Å². The Morgan fingerprint density at radius 3 is 1.59 bits per heavy atom. The first-order valence-corrected chi connectivity index (χ1v) is 11.4. The zero-order valence-electron chi connectivity index (χ0n) is 20.8. The lowest BCUT2D eigenvalue weighted by atomic mass is 10.2. The monoisotopic (exact) mass is 511 g/mol. The van der Waals surface area contributed by atoms with Gasteiger partial charge in [-0.05, 0) is 55.5 Å². The summed E-state index contributed by atoms with van der Waals surface area (Å²) in [7, 11) is 3.08. The molecule has 2 aromatic carbocycles. The van der Waals surface area contributed by atoms with Crippen LogP contribution in [0.5, 0.6) is 23.0 Å². The average Bonchev–Trinajstić information content (AvgIpc) is 2.92. The van der Waals surface area contributed by atoms with Crippen LogP contribution in [-0.2, 0) is 13.1 Å². The molecule has 1 heterocycles. The minimum absolute atomic E-state index is 0.112. The second kappa shape index (κ2) is 12.6. The molecule has 196 valence electrons. The highest BCUT2D eigenvalue weighted by Gasteiger charge is 2.20. The van der Waals surface area contributed by atoms with Gasteiger partial charge in [0.05, 0.1) is 27.3 Å². The standard InChI is InChI=1S/C26H29N3O8/c1-17-24(12-27)25(32)29(14-19(31)16-37-23-10-6-21(35-3)7-11-23)26(33)28(17)13-18(30)15-36-22-8-4-20(34-2)5-9-22/h4-11,18-19,30-31H,13-16H2,1-3H3/t18-,19+/m1/s1. The molecule has 0 saturated carbocycles. The van der Waals surface area contributed by atoms with Crippen LogP contribution in [-0.4, -0.2) is 59.0 Å². The first kappa shape index (κ1) is 27.3. The number of benzene rings is 2. The highest BCUT2D eigenvalue weighted by Crippen LogP contribution is 2.18. The Morgan fingerprint density at radius 2 is 1.19 bits per heavy atom. The third-order valence-electron chi connectivity index (χ3n) is 5.59. The molecule has 2 atom stereocenters. The van der Waals surface area contributed by atoms with Gasteiger partial charge in [-0.3, -0.25) is 13.9 Å². The molecule has 11 heteroatoms. The van der Waals surface area contributed by atoms with E-state index in [4.69, 9.17) is 18.9 Å². The predicted octanol–water partition coefficient (Wildman–Crippen LogP) is 1.09. The number of ether oxygens (including phenoxy) is 4. The van der Waals surface area contributed by atoms with Crippen molar-refractivity contribution in [3.63, 3.8) is 0 Å². The molecule has 0 fully saturated rings. The van der Waals surface area contributed by atoms with Crippen molar-refractivity contribution < 1.29 is 29.2 Å². The first-order chi connectivity index (χ1) is 17.8. The Kier molecular flexibility index (Phi) is 9.32. The third-order valence-corrected chi connectivity index (χ3v) is 5.59. The second-order valence-electron chi connectivity index (χ2n) is 8.16. The number of aliphatic hydroxyl groups excluding tert-OH is 2. The molecule has 0 aliphatic heterocycles. The van der Waals surface area contributed by atoms with Gasteiger partial charge in [-0.25, -0.2) is 4.79 Å². The maximum absolute atomic E-state index is 13.1. The van der Waals surface area contributed by atoms with Crippen molar-refractivity contribution in [3.05, 3.63) is 80.6 Å². The van der Waals surface area contributed by atoms with Crippen LogP contribution in [0.1, 0.15) is 11.3 Å². The lowest BCUT2D eigenvalue weighted by Crippen LogP contribution is -2.47. The van der Waals surface area contributed by atoms with Gasteiger partial charge in [0.15, 0.2) is 0 Å². The van der Waals surface area contributed by atoms with E-state index in [0.29, 0.717) is 23.0 Å². The van der Waals surface area contributed by atoms with E-state index >= 15 is 0 Å². The van der Waals surface area contributed by atoms with Crippen molar-refractivity contribution in [1.29, 1.82) is 5.26 Å². The molecule has 3 rings (SSSR count). The summed E-state index contributed by atoms with van der Waals surface area (Å²) in [5, 5.41) is 30.5. The van der Waals surface area contributed by atoms with Crippen LogP contribution in [0, 0.1) is 18.3 Å². The summed E-state index contributed by atoms with van der Waals surface area (Å²) >= 11 is 0. The van der Waals surface area contributed by atoms with Gasteiger partial charge in [0.25, 0.3) is 5.56 Å². The third kappa shape index (κ3) is 6.91. The summed E-state index contributed by atoms with van der Waals surface area (Å²) in [5.41, 5.74) is -1.74. The van der Waals surface area contributed by atoms with E-state index in [1.165, 1.54) is 14.0 Å². The number of nitriles is 1. The Hall–Kier alpha value is -4.27. The topological polar surface area (TPSA) is 145 Å². The molecule has 0 amide bonds. The van der Waals surface area contributed by atoms with Crippen LogP contribution >= 0.6 is 0 Å². The van der Waals surface area contributed by atoms with Crippen molar-refractivity contribution >= 4 is 0 Å². The van der Waals surface area contributed by atoms with Crippen molar-refractivity contribution in [2.24, 2.45) is 0 Å². The summed E-state index contributed by atoms with van der Waals surface area (Å²) in [4.78, 5) is 25.9. The van der Waals surface area contributed by atoms with E-state index in [-0.39, 0.29) is 31.0 Å². The van der Waals surface area contributed by atoms with E-state index in [2.05, 4.69) is 0 Å². The smallest absolute Gasteiger partial charge is 0.331 e. The summed E-state index contributed by atoms with van der Waals surface area (Å²) in [6.45, 7) is 0.477. The zero-order chi connectivity index (χ0) is 26.9. The number of aliphatic hydroxyl groups is 2. The lowest BCUT2D eigenvalue weighted by molar-refractivity contribution is 0.0839. The minimum atomic E-state index is -1.22. The molecule has 3 aromatic rings. The van der Waals surface area contributed by atoms with Gasteiger partial charge in [-0.2, -0.15) is 5.26 Å². The maximum Gasteiger partial charge on any atom is 0.331 e. The van der Waals surface area contributed by atoms with E-state index in [1.807, 2.05) is 6.07 Å². The molecule has 0 spiro atoms. The van der Waals surface area contributed by atoms with Crippen LogP contribution in [0.4, 0.5) is 0 Å². The molecule has 2 N–H and O–H groups in total. The quantitative estimate of drug-likeness (QED) is 0.365. The van der Waals surface area contributed by atoms with Crippen molar-refractivity contribution in [2.75, 3.05) is 27.4 Å². The number of nitrogens with zero attached hydrogens (tertiary/aromatic N) is 3. The van der Waals surface area contributed by atoms with Gasteiger partial charge in [0.1, 0.15) is 60.1 Å². The number of hydrogen-bond donors (Lipinski definition) is 2. The van der Waals surface area contributed by atoms with Crippen LogP contribution in [0.2, 0.25) is 0 Å². The maximum atomic E-state index is 13.1. The molecular weight excluding hydrogens is 482 g/mol. The normalized spacial score (nSPS) is 12.3. The summed E-state index contributed by atoms with van der Waals surface area (Å²) in [6, 6.07) is 15.2. The molecule has 0 bridgehead atoms. The molecule has 1 aromatic heterocycles. The lowest BCUT2D eigenvalue weighted by Gasteiger charge is -2.19. The largest absolute Gasteiger partial charge is 0.497 e. The highest BCUT2D eigenvalue weighted by atomic mass is 16.5. The van der Waals surface area contributed by atoms with Crippen LogP contribution < -0.4 is 30.2 Å². The fraction of sp³-hybridized carbons (Fsp3) is 0.346. The fourth-order valence-corrected chi connectivity index (χ4v) is 3.56. The highest BCUT2D eigenvalue weighted by molar-refractivity contribution is 5.32. The number of hydrogen-bond acceptors (Lipinski definition) is 9. The zero-order valence-corrected chi connectivity index (χ0v) is 20.8. The number of aromatic nitrogens is 2. The number of methoxy groups -OCH3 is 2. The van der Waals surface area contributed by atoms with Crippen molar-refractivity contribution in [1.82, 2.24) is 9.13 Å². The van der Waals surface area contributed by atoms with E-state index in [0.717, 1.165) is 9.13 Å². The second-order valence-corrected chi connectivity index (χ2v) is 8.16. The van der Waals surface area contributed by atoms with Crippen LogP contribution in [0.25, 0.3) is 0 Å². The molecule has 0 unspecified atom stereocenters. The summed E-state index contributed by atoms with van der Waals surface area (Å²) in [6.07, 6.45) is -2.35. The van der Waals surface area contributed by atoms with E-state index in [1.54, 1.807) is 55.6 Å². The summed E-state index contributed by atoms with van der Waals surface area (Å²) < 4.78 is 23.1. The molecule has 0 aliphatic rings. The van der Waals surface area contributed by atoms with Gasteiger partial charge in [-0.1, -0.05) is 0 Å². The van der Waals surface area contributed by atoms with Crippen LogP contribution in [0.15, 0.2) is 58.1 Å². The van der Waals surface area contributed by atoms with E-state index in [9.17, 15) is 25.1 Å². The van der Waals surface area contributed by atoms with Gasteiger partial charge in [0.2, 0.25) is 0 Å². The molecule has 11 nitrogen and oxygen atoms in total. The first-order valence-electron chi connectivity index (χ1n) is 11.4. The van der Waals surface area contributed by atoms with Gasteiger partial charge in [0, 0.05) is 5.69 Å². The Bertz CT molecular complexity index is 1340. The Balaban J connectivity index is 1.72. The SMILES string of the molecule is COc1ccc(OC[C@@H](O)Cn2c(=O)c(C#N)c(C)n(C[C@@H](O)COc3ccc(OC)cc3)c2=O)cc1. The molecule has 0 saturated heterocycles. The van der Waals surface area contributed by atoms with Crippen molar-refractivity contribution in [2.45, 2.75) is 32.2 Å². The predicted molar refractivity (Wildman–Crippen MR) is 133 cm³/mol. The molecule has 0 aliphatic carbocycles. The average molecular weight is 512 g/mol. The minimum Gasteiger partial charge on any atom is -0.497 e. The Morgan fingerprint density at radius 1 is 0.784 bits per heavy atom. The molecule has 37 heavy (non-hydrogen) atoms. The molecule has 0 radical (unpaired) electrons. The van der Waals surface area contributed by atoms with Gasteiger partial charge < -0.3 is 29.2 Å². The van der Waals surface area contributed by atoms with Gasteiger partial charge in [-0.15, -0.1) is 0 Å². The summed E-state index contributed by atoms with van der Waals surface area (Å²) in [5.74, 6) is 2.25.